The molecule has 0 bridgehead atoms. The maximum absolute atomic E-state index is 4.73. The maximum Gasteiger partial charge on any atom is 0.0957 e. The van der Waals surface area contributed by atoms with Gasteiger partial charge >= 0.3 is 0 Å². The number of hydrogen-bond donors (Lipinski definition) is 0. The van der Waals surface area contributed by atoms with E-state index in [2.05, 4.69) is 76.5 Å². The highest BCUT2D eigenvalue weighted by molar-refractivity contribution is 8.00. The number of aromatic nitrogens is 2. The van der Waals surface area contributed by atoms with Crippen molar-refractivity contribution < 1.29 is 0 Å². The topological polar surface area (TPSA) is 17.8 Å². The summed E-state index contributed by atoms with van der Waals surface area (Å²) in [6.45, 7) is 9.07. The molecule has 4 heteroatoms. The molecule has 0 N–H and O–H groups in total. The summed E-state index contributed by atoms with van der Waals surface area (Å²) >= 11 is 3.71. The van der Waals surface area contributed by atoms with Crippen LogP contribution in [0.4, 0.5) is 0 Å². The molecule has 1 aromatic carbocycles. The Hall–Kier alpha value is -1.52. The van der Waals surface area contributed by atoms with Crippen LogP contribution in [0, 0.1) is 0 Å². The number of thiophene rings is 1. The normalized spacial score (nSPS) is 12.1. The van der Waals surface area contributed by atoms with Crippen molar-refractivity contribution in [2.45, 2.75) is 43.2 Å². The van der Waals surface area contributed by atoms with Gasteiger partial charge in [-0.2, -0.15) is 5.10 Å². The van der Waals surface area contributed by atoms with Crippen LogP contribution < -0.4 is 0 Å². The molecular formula is C21H26N2S2. The zero-order chi connectivity index (χ0) is 18.2. The van der Waals surface area contributed by atoms with E-state index in [0.717, 1.165) is 5.69 Å². The molecule has 0 spiro atoms. The Balaban J connectivity index is 2.04. The molecule has 0 fully saturated rings. The summed E-state index contributed by atoms with van der Waals surface area (Å²) in [4.78, 5) is 1.40. The van der Waals surface area contributed by atoms with E-state index in [0.29, 0.717) is 5.92 Å². The molecule has 0 saturated carbocycles. The summed E-state index contributed by atoms with van der Waals surface area (Å²) in [6, 6.07) is 13.4. The maximum atomic E-state index is 4.73. The van der Waals surface area contributed by atoms with E-state index in [1.54, 1.807) is 0 Å². The van der Waals surface area contributed by atoms with Gasteiger partial charge in [-0.05, 0) is 35.9 Å². The van der Waals surface area contributed by atoms with E-state index >= 15 is 0 Å². The van der Waals surface area contributed by atoms with Crippen molar-refractivity contribution in [3.05, 3.63) is 58.6 Å². The van der Waals surface area contributed by atoms with Crippen molar-refractivity contribution in [3.8, 4) is 11.3 Å². The van der Waals surface area contributed by atoms with Gasteiger partial charge in [0.1, 0.15) is 0 Å². The highest BCUT2D eigenvalue weighted by Crippen LogP contribution is 2.39. The first-order valence-electron chi connectivity index (χ1n) is 8.61. The first-order valence-corrected chi connectivity index (χ1v) is 10.7. The quantitative estimate of drug-likeness (QED) is 0.489. The minimum absolute atomic E-state index is 0.0125. The largest absolute Gasteiger partial charge is 0.275 e. The van der Waals surface area contributed by atoms with Crippen LogP contribution in [0.5, 0.6) is 0 Å². The smallest absolute Gasteiger partial charge is 0.0957 e. The Morgan fingerprint density at radius 3 is 2.56 bits per heavy atom. The molecule has 2 heterocycles. The van der Waals surface area contributed by atoms with Gasteiger partial charge < -0.3 is 0 Å². The summed E-state index contributed by atoms with van der Waals surface area (Å²) in [5, 5.41) is 4.73. The van der Waals surface area contributed by atoms with Gasteiger partial charge in [-0.15, -0.1) is 23.1 Å². The fourth-order valence-corrected chi connectivity index (χ4v) is 4.79. The van der Waals surface area contributed by atoms with Gasteiger partial charge in [0.25, 0.3) is 0 Å². The van der Waals surface area contributed by atoms with Crippen LogP contribution in [-0.2, 0) is 12.5 Å². The van der Waals surface area contributed by atoms with Crippen LogP contribution in [0.1, 0.15) is 49.6 Å². The standard InChI is InChI=1S/C21H26N2S2/c1-14(2)17-13-23(5)22-20(17)15-8-7-9-16(12-15)21(3,4)18-10-11-19(24-6)25-18/h7-14H,1-6H3. The van der Waals surface area contributed by atoms with Crippen molar-refractivity contribution in [2.75, 3.05) is 6.26 Å². The summed E-state index contributed by atoms with van der Waals surface area (Å²) in [5.41, 5.74) is 4.93. The number of thioether (sulfide) groups is 1. The van der Waals surface area contributed by atoms with Crippen LogP contribution in [-0.4, -0.2) is 16.0 Å². The number of benzene rings is 1. The van der Waals surface area contributed by atoms with Gasteiger partial charge in [0, 0.05) is 34.7 Å². The number of aryl methyl sites for hydroxylation is 1. The molecule has 0 radical (unpaired) electrons. The molecule has 0 atom stereocenters. The molecule has 2 nitrogen and oxygen atoms in total. The molecule has 3 rings (SSSR count). The van der Waals surface area contributed by atoms with Crippen LogP contribution >= 0.6 is 23.1 Å². The zero-order valence-corrected chi connectivity index (χ0v) is 17.5. The van der Waals surface area contributed by atoms with E-state index in [-0.39, 0.29) is 5.41 Å². The van der Waals surface area contributed by atoms with Crippen LogP contribution in [0.2, 0.25) is 0 Å². The van der Waals surface area contributed by atoms with Crippen LogP contribution in [0.3, 0.4) is 0 Å². The van der Waals surface area contributed by atoms with E-state index < -0.39 is 0 Å². The minimum atomic E-state index is -0.0125. The van der Waals surface area contributed by atoms with Crippen molar-refractivity contribution in [2.24, 2.45) is 7.05 Å². The molecule has 132 valence electrons. The monoisotopic (exact) mass is 370 g/mol. The average Bonchev–Trinajstić information content (AvgIpc) is 3.21. The molecule has 0 unspecified atom stereocenters. The first-order chi connectivity index (χ1) is 11.8. The van der Waals surface area contributed by atoms with Crippen molar-refractivity contribution in [1.29, 1.82) is 0 Å². The highest BCUT2D eigenvalue weighted by atomic mass is 32.2. The summed E-state index contributed by atoms with van der Waals surface area (Å²) in [6.07, 6.45) is 4.28. The second kappa shape index (κ2) is 7.00. The van der Waals surface area contributed by atoms with Crippen molar-refractivity contribution in [1.82, 2.24) is 9.78 Å². The van der Waals surface area contributed by atoms with Crippen LogP contribution in [0.15, 0.2) is 46.8 Å². The van der Waals surface area contributed by atoms with Gasteiger partial charge in [-0.25, -0.2) is 0 Å². The van der Waals surface area contributed by atoms with E-state index in [1.807, 2.05) is 34.8 Å². The van der Waals surface area contributed by atoms with Crippen LogP contribution in [0.25, 0.3) is 11.3 Å². The van der Waals surface area contributed by atoms with Gasteiger partial charge in [0.15, 0.2) is 0 Å². The number of nitrogens with zero attached hydrogens (tertiary/aromatic N) is 2. The summed E-state index contributed by atoms with van der Waals surface area (Å²) in [7, 11) is 2.00. The Labute approximate surface area is 159 Å². The zero-order valence-electron chi connectivity index (χ0n) is 15.8. The molecule has 0 aliphatic carbocycles. The highest BCUT2D eigenvalue weighted by Gasteiger charge is 2.26. The lowest BCUT2D eigenvalue weighted by atomic mass is 9.82. The molecule has 25 heavy (non-hydrogen) atoms. The minimum Gasteiger partial charge on any atom is -0.275 e. The molecule has 0 aliphatic heterocycles. The predicted octanol–water partition coefficient (Wildman–Crippen LogP) is 6.32. The third-order valence-electron chi connectivity index (χ3n) is 4.74. The van der Waals surface area contributed by atoms with Gasteiger partial charge in [0.05, 0.1) is 9.90 Å². The summed E-state index contributed by atoms with van der Waals surface area (Å²) < 4.78 is 3.29. The number of hydrogen-bond acceptors (Lipinski definition) is 3. The molecule has 0 aliphatic rings. The first kappa shape index (κ1) is 18.3. The Bertz CT molecular complexity index is 872. The van der Waals surface area contributed by atoms with Gasteiger partial charge in [-0.1, -0.05) is 45.9 Å². The SMILES string of the molecule is CSc1ccc(C(C)(C)c2cccc(-c3nn(C)cc3C(C)C)c2)s1. The molecular weight excluding hydrogens is 344 g/mol. The molecule has 3 aromatic rings. The lowest BCUT2D eigenvalue weighted by molar-refractivity contribution is 0.656. The van der Waals surface area contributed by atoms with Crippen molar-refractivity contribution >= 4 is 23.1 Å². The molecule has 0 amide bonds. The number of rotatable bonds is 5. The Morgan fingerprint density at radius 2 is 1.92 bits per heavy atom. The summed E-state index contributed by atoms with van der Waals surface area (Å²) in [5.74, 6) is 0.460. The Kier molecular flexibility index (Phi) is 5.12. The van der Waals surface area contributed by atoms with Gasteiger partial charge in [0.2, 0.25) is 0 Å². The third kappa shape index (κ3) is 3.56. The fraction of sp³-hybridized carbons (Fsp3) is 0.381. The molecule has 0 saturated heterocycles. The molecule has 2 aromatic heterocycles. The third-order valence-corrected chi connectivity index (χ3v) is 7.23. The lowest BCUT2D eigenvalue weighted by Gasteiger charge is -2.24. The van der Waals surface area contributed by atoms with E-state index in [9.17, 15) is 0 Å². The Morgan fingerprint density at radius 1 is 1.16 bits per heavy atom. The van der Waals surface area contributed by atoms with E-state index in [4.69, 9.17) is 5.10 Å². The second-order valence-electron chi connectivity index (χ2n) is 7.29. The average molecular weight is 371 g/mol. The van der Waals surface area contributed by atoms with Gasteiger partial charge in [-0.3, -0.25) is 4.68 Å². The fourth-order valence-electron chi connectivity index (χ4n) is 3.12. The lowest BCUT2D eigenvalue weighted by Crippen LogP contribution is -2.17. The second-order valence-corrected chi connectivity index (χ2v) is 9.48. The predicted molar refractivity (Wildman–Crippen MR) is 111 cm³/mol. The van der Waals surface area contributed by atoms with E-state index in [1.165, 1.54) is 25.8 Å². The van der Waals surface area contributed by atoms with Crippen molar-refractivity contribution in [3.63, 3.8) is 0 Å².